The van der Waals surface area contributed by atoms with E-state index < -0.39 is 0 Å². The largest absolute Gasteiger partial charge is 0.376 e. The molecular formula is C12H25NO. The van der Waals surface area contributed by atoms with Gasteiger partial charge in [0, 0.05) is 20.2 Å². The first-order valence-corrected chi connectivity index (χ1v) is 5.89. The molecule has 0 aromatic heterocycles. The highest BCUT2D eigenvalue weighted by atomic mass is 16.5. The summed E-state index contributed by atoms with van der Waals surface area (Å²) in [6, 6.07) is 0. The zero-order valence-electron chi connectivity index (χ0n) is 10.2. The lowest BCUT2D eigenvalue weighted by molar-refractivity contribution is -0.127. The van der Waals surface area contributed by atoms with Gasteiger partial charge in [-0.3, -0.25) is 0 Å². The highest BCUT2D eigenvalue weighted by molar-refractivity contribution is 4.96. The Morgan fingerprint density at radius 1 is 1.36 bits per heavy atom. The van der Waals surface area contributed by atoms with E-state index in [-0.39, 0.29) is 5.60 Å². The van der Waals surface area contributed by atoms with Gasteiger partial charge >= 0.3 is 0 Å². The average Bonchev–Trinajstić information content (AvgIpc) is 2.14. The maximum Gasteiger partial charge on any atom is 0.0933 e. The average molecular weight is 199 g/mol. The first-order chi connectivity index (χ1) is 6.65. The minimum absolute atomic E-state index is 0.185. The van der Waals surface area contributed by atoms with Crippen LogP contribution < -0.4 is 0 Å². The van der Waals surface area contributed by atoms with Crippen molar-refractivity contribution in [3.63, 3.8) is 0 Å². The van der Waals surface area contributed by atoms with E-state index in [2.05, 4.69) is 25.8 Å². The zero-order valence-corrected chi connectivity index (χ0v) is 10.2. The van der Waals surface area contributed by atoms with Gasteiger partial charge in [0.1, 0.15) is 0 Å². The molecule has 0 saturated carbocycles. The molecule has 1 aliphatic heterocycles. The van der Waals surface area contributed by atoms with Crippen LogP contribution in [-0.2, 0) is 4.74 Å². The molecule has 0 N–H and O–H groups in total. The van der Waals surface area contributed by atoms with E-state index in [9.17, 15) is 0 Å². The number of methoxy groups -OCH3 is 1. The molecule has 2 heteroatoms. The number of nitrogens with zero attached hydrogens (tertiary/aromatic N) is 1. The highest BCUT2D eigenvalue weighted by Crippen LogP contribution is 2.32. The normalized spacial score (nSPS) is 23.1. The van der Waals surface area contributed by atoms with Crippen LogP contribution in [0, 0.1) is 5.92 Å². The summed E-state index contributed by atoms with van der Waals surface area (Å²) in [5, 5.41) is 0. The Balaban J connectivity index is 2.39. The van der Waals surface area contributed by atoms with Crippen LogP contribution in [-0.4, -0.2) is 37.7 Å². The van der Waals surface area contributed by atoms with Gasteiger partial charge in [-0.2, -0.15) is 0 Å². The van der Waals surface area contributed by atoms with Crippen LogP contribution >= 0.6 is 0 Å². The maximum atomic E-state index is 5.68. The third-order valence-corrected chi connectivity index (χ3v) is 3.48. The van der Waals surface area contributed by atoms with Gasteiger partial charge in [-0.15, -0.1) is 0 Å². The Kier molecular flexibility index (Phi) is 4.39. The third kappa shape index (κ3) is 2.71. The first-order valence-electron chi connectivity index (χ1n) is 5.89. The molecule has 0 aliphatic carbocycles. The lowest BCUT2D eigenvalue weighted by Gasteiger charge is -2.49. The van der Waals surface area contributed by atoms with E-state index in [4.69, 9.17) is 4.74 Å². The summed E-state index contributed by atoms with van der Waals surface area (Å²) in [6.07, 6.45) is 5.19. The minimum Gasteiger partial charge on any atom is -0.376 e. The van der Waals surface area contributed by atoms with E-state index in [0.717, 1.165) is 19.0 Å². The summed E-state index contributed by atoms with van der Waals surface area (Å²) in [5.41, 5.74) is 0.185. The molecule has 1 aliphatic rings. The molecule has 0 bridgehead atoms. The second kappa shape index (κ2) is 5.13. The van der Waals surface area contributed by atoms with Crippen LogP contribution in [0.2, 0.25) is 0 Å². The molecular weight excluding hydrogens is 174 g/mol. The molecule has 2 nitrogen and oxygen atoms in total. The van der Waals surface area contributed by atoms with E-state index >= 15 is 0 Å². The molecule has 0 aromatic carbocycles. The van der Waals surface area contributed by atoms with E-state index in [0.29, 0.717) is 0 Å². The highest BCUT2D eigenvalue weighted by Gasteiger charge is 2.42. The van der Waals surface area contributed by atoms with Gasteiger partial charge in [-0.25, -0.2) is 0 Å². The fourth-order valence-electron chi connectivity index (χ4n) is 2.66. The Morgan fingerprint density at radius 3 is 2.36 bits per heavy atom. The maximum absolute atomic E-state index is 5.68. The lowest BCUT2D eigenvalue weighted by atomic mass is 9.81. The van der Waals surface area contributed by atoms with Crippen molar-refractivity contribution in [1.82, 2.24) is 4.90 Å². The summed E-state index contributed by atoms with van der Waals surface area (Å²) in [6.45, 7) is 6.80. The molecule has 0 amide bonds. The van der Waals surface area contributed by atoms with Crippen LogP contribution in [0.1, 0.15) is 39.5 Å². The third-order valence-electron chi connectivity index (χ3n) is 3.48. The van der Waals surface area contributed by atoms with Gasteiger partial charge in [0.05, 0.1) is 5.60 Å². The van der Waals surface area contributed by atoms with Crippen LogP contribution in [0.25, 0.3) is 0 Å². The van der Waals surface area contributed by atoms with E-state index in [1.54, 1.807) is 0 Å². The van der Waals surface area contributed by atoms with Crippen molar-refractivity contribution in [2.45, 2.75) is 45.1 Å². The number of hydrogen-bond donors (Lipinski definition) is 0. The second-order valence-corrected chi connectivity index (χ2v) is 4.83. The predicted octanol–water partition coefficient (Wildman–Crippen LogP) is 2.53. The topological polar surface area (TPSA) is 12.5 Å². The molecule has 1 fully saturated rings. The van der Waals surface area contributed by atoms with Gasteiger partial charge < -0.3 is 9.64 Å². The molecule has 1 unspecified atom stereocenters. The van der Waals surface area contributed by atoms with E-state index in [1.165, 1.54) is 25.7 Å². The van der Waals surface area contributed by atoms with Gasteiger partial charge in [-0.05, 0) is 19.4 Å². The van der Waals surface area contributed by atoms with Crippen LogP contribution in [0.15, 0.2) is 0 Å². The Labute approximate surface area is 88.6 Å². The fraction of sp³-hybridized carbons (Fsp3) is 1.00. The zero-order chi connectivity index (χ0) is 10.6. The van der Waals surface area contributed by atoms with Crippen molar-refractivity contribution in [1.29, 1.82) is 0 Å². The lowest BCUT2D eigenvalue weighted by Crippen LogP contribution is -2.61. The Morgan fingerprint density at radius 2 is 2.00 bits per heavy atom. The van der Waals surface area contributed by atoms with Crippen molar-refractivity contribution in [2.24, 2.45) is 5.92 Å². The summed E-state index contributed by atoms with van der Waals surface area (Å²) in [5.74, 6) is 0.855. The van der Waals surface area contributed by atoms with Gasteiger partial charge in [0.25, 0.3) is 0 Å². The fourth-order valence-corrected chi connectivity index (χ4v) is 2.66. The number of hydrogen-bond acceptors (Lipinski definition) is 2. The standard InChI is InChI=1S/C12H25NO/c1-5-7-11(6-2)8-12(14-4)9-13(3)10-12/h11H,5-10H2,1-4H3. The van der Waals surface area contributed by atoms with Crippen molar-refractivity contribution < 1.29 is 4.74 Å². The van der Waals surface area contributed by atoms with Crippen LogP contribution in [0.4, 0.5) is 0 Å². The summed E-state index contributed by atoms with van der Waals surface area (Å²) < 4.78 is 5.68. The van der Waals surface area contributed by atoms with Gasteiger partial charge in [0.15, 0.2) is 0 Å². The van der Waals surface area contributed by atoms with Crippen LogP contribution in [0.3, 0.4) is 0 Å². The second-order valence-electron chi connectivity index (χ2n) is 4.83. The van der Waals surface area contributed by atoms with Crippen molar-refractivity contribution in [3.05, 3.63) is 0 Å². The number of likely N-dealkylation sites (N-methyl/N-ethyl adjacent to an activating group) is 1. The summed E-state index contributed by atoms with van der Waals surface area (Å²) in [7, 11) is 4.03. The first kappa shape index (κ1) is 12.0. The predicted molar refractivity (Wildman–Crippen MR) is 60.5 cm³/mol. The summed E-state index contributed by atoms with van der Waals surface area (Å²) >= 11 is 0. The molecule has 0 aromatic rings. The number of rotatable bonds is 6. The van der Waals surface area contributed by atoms with Gasteiger partial charge in [-0.1, -0.05) is 33.1 Å². The van der Waals surface area contributed by atoms with Crippen molar-refractivity contribution in [3.8, 4) is 0 Å². The van der Waals surface area contributed by atoms with E-state index in [1.807, 2.05) is 7.11 Å². The molecule has 0 spiro atoms. The molecule has 1 rings (SSSR count). The monoisotopic (exact) mass is 199 g/mol. The SMILES string of the molecule is CCCC(CC)CC1(OC)CN(C)C1. The molecule has 1 saturated heterocycles. The molecule has 0 radical (unpaired) electrons. The molecule has 1 atom stereocenters. The number of ether oxygens (including phenoxy) is 1. The Hall–Kier alpha value is -0.0800. The summed E-state index contributed by atoms with van der Waals surface area (Å²) in [4.78, 5) is 2.34. The van der Waals surface area contributed by atoms with Gasteiger partial charge in [0.2, 0.25) is 0 Å². The molecule has 1 heterocycles. The minimum atomic E-state index is 0.185. The van der Waals surface area contributed by atoms with Crippen LogP contribution in [0.5, 0.6) is 0 Å². The van der Waals surface area contributed by atoms with Crippen molar-refractivity contribution >= 4 is 0 Å². The smallest absolute Gasteiger partial charge is 0.0933 e. The quantitative estimate of drug-likeness (QED) is 0.652. The molecule has 14 heavy (non-hydrogen) atoms. The Bertz CT molecular complexity index is 164. The number of likely N-dealkylation sites (tertiary alicyclic amines) is 1. The van der Waals surface area contributed by atoms with Crippen molar-refractivity contribution in [2.75, 3.05) is 27.2 Å². The molecule has 84 valence electrons.